The molecule has 140 valence electrons. The van der Waals surface area contributed by atoms with Crippen LogP contribution in [0, 0.1) is 20.8 Å². The van der Waals surface area contributed by atoms with Crippen molar-refractivity contribution in [3.8, 4) is 0 Å². The van der Waals surface area contributed by atoms with E-state index in [0.717, 1.165) is 18.8 Å². The highest BCUT2D eigenvalue weighted by molar-refractivity contribution is 6.15. The molecule has 0 bridgehead atoms. The molecule has 0 radical (unpaired) electrons. The molecule has 1 aliphatic rings. The lowest BCUT2D eigenvalue weighted by Gasteiger charge is -2.37. The molecule has 0 fully saturated rings. The van der Waals surface area contributed by atoms with Crippen molar-refractivity contribution in [2.45, 2.75) is 66.5 Å². The van der Waals surface area contributed by atoms with Crippen LogP contribution in [0.2, 0.25) is 0 Å². The van der Waals surface area contributed by atoms with Gasteiger partial charge in [0.15, 0.2) is 0 Å². The Morgan fingerprint density at radius 3 is 2.23 bits per heavy atom. The zero-order valence-electron chi connectivity index (χ0n) is 17.2. The average molecular weight is 352 g/mol. The van der Waals surface area contributed by atoms with E-state index in [4.69, 9.17) is 4.99 Å². The van der Waals surface area contributed by atoms with Crippen molar-refractivity contribution in [2.75, 3.05) is 13.1 Å². The third-order valence-corrected chi connectivity index (χ3v) is 5.45. The standard InChI is InChI=1S/C23H33N3/c1-7-11-26(12-8-2)23-18(6)25-22(21-19(23)9-10-24-21)20-16(4)13-15(3)14-17(20)5/h9-10,13-14,18,23-24H,7-8,11-12H2,1-6H3. The predicted molar refractivity (Wildman–Crippen MR) is 111 cm³/mol. The first-order chi connectivity index (χ1) is 12.5. The molecule has 26 heavy (non-hydrogen) atoms. The van der Waals surface area contributed by atoms with Crippen molar-refractivity contribution >= 4 is 5.71 Å². The van der Waals surface area contributed by atoms with Crippen LogP contribution < -0.4 is 0 Å². The molecule has 0 amide bonds. The molecular formula is C23H33N3. The molecule has 2 heterocycles. The van der Waals surface area contributed by atoms with Crippen molar-refractivity contribution in [3.63, 3.8) is 0 Å². The van der Waals surface area contributed by atoms with Gasteiger partial charge in [-0.3, -0.25) is 9.89 Å². The number of aromatic amines is 1. The van der Waals surface area contributed by atoms with Crippen LogP contribution in [0.25, 0.3) is 0 Å². The van der Waals surface area contributed by atoms with Crippen molar-refractivity contribution in [1.82, 2.24) is 9.88 Å². The summed E-state index contributed by atoms with van der Waals surface area (Å²) in [5.74, 6) is 0. The van der Waals surface area contributed by atoms with Gasteiger partial charge in [-0.05, 0) is 76.4 Å². The normalized spacial score (nSPS) is 19.6. The van der Waals surface area contributed by atoms with Gasteiger partial charge in [0.05, 0.1) is 23.5 Å². The summed E-state index contributed by atoms with van der Waals surface area (Å²) >= 11 is 0. The van der Waals surface area contributed by atoms with E-state index in [-0.39, 0.29) is 6.04 Å². The molecule has 1 aromatic carbocycles. The molecule has 0 saturated heterocycles. The highest BCUT2D eigenvalue weighted by Crippen LogP contribution is 2.36. The summed E-state index contributed by atoms with van der Waals surface area (Å²) in [6, 6.07) is 7.43. The van der Waals surface area contributed by atoms with Crippen LogP contribution >= 0.6 is 0 Å². The molecule has 0 saturated carbocycles. The van der Waals surface area contributed by atoms with Gasteiger partial charge in [-0.1, -0.05) is 31.5 Å². The van der Waals surface area contributed by atoms with Crippen molar-refractivity contribution in [2.24, 2.45) is 4.99 Å². The first-order valence-corrected chi connectivity index (χ1v) is 10.1. The molecule has 3 nitrogen and oxygen atoms in total. The maximum absolute atomic E-state index is 5.23. The van der Waals surface area contributed by atoms with Gasteiger partial charge in [0.25, 0.3) is 0 Å². The Bertz CT molecular complexity index is 771. The Morgan fingerprint density at radius 1 is 1.04 bits per heavy atom. The SMILES string of the molecule is CCCN(CCC)C1c2cc[nH]c2C(c2c(C)cc(C)cc2C)=NC1C. The Labute approximate surface area is 158 Å². The van der Waals surface area contributed by atoms with Crippen LogP contribution in [0.1, 0.15) is 73.2 Å². The topological polar surface area (TPSA) is 31.4 Å². The molecule has 2 atom stereocenters. The highest BCUT2D eigenvalue weighted by Gasteiger charge is 2.34. The molecule has 1 aliphatic heterocycles. The first-order valence-electron chi connectivity index (χ1n) is 10.1. The number of fused-ring (bicyclic) bond motifs is 1. The number of hydrogen-bond acceptors (Lipinski definition) is 2. The van der Waals surface area contributed by atoms with Gasteiger partial charge in [0, 0.05) is 11.8 Å². The quantitative estimate of drug-likeness (QED) is 0.748. The van der Waals surface area contributed by atoms with E-state index in [2.05, 4.69) is 75.8 Å². The number of aliphatic imine (C=N–C) groups is 1. The van der Waals surface area contributed by atoms with Gasteiger partial charge >= 0.3 is 0 Å². The van der Waals surface area contributed by atoms with E-state index >= 15 is 0 Å². The maximum atomic E-state index is 5.23. The van der Waals surface area contributed by atoms with Crippen LogP contribution in [0.15, 0.2) is 29.4 Å². The van der Waals surface area contributed by atoms with E-state index in [1.54, 1.807) is 0 Å². The molecule has 2 aromatic rings. The summed E-state index contributed by atoms with van der Waals surface area (Å²) in [4.78, 5) is 11.4. The fourth-order valence-corrected chi connectivity index (χ4v) is 4.64. The zero-order chi connectivity index (χ0) is 18.8. The fraction of sp³-hybridized carbons (Fsp3) is 0.522. The summed E-state index contributed by atoms with van der Waals surface area (Å²) in [6.45, 7) is 15.6. The summed E-state index contributed by atoms with van der Waals surface area (Å²) < 4.78 is 0. The summed E-state index contributed by atoms with van der Waals surface area (Å²) in [5, 5.41) is 0. The molecule has 0 aliphatic carbocycles. The fourth-order valence-electron chi connectivity index (χ4n) is 4.64. The third kappa shape index (κ3) is 3.37. The number of benzene rings is 1. The van der Waals surface area contributed by atoms with Gasteiger partial charge < -0.3 is 4.98 Å². The molecule has 2 unspecified atom stereocenters. The molecular weight excluding hydrogens is 318 g/mol. The van der Waals surface area contributed by atoms with E-state index in [9.17, 15) is 0 Å². The molecule has 1 aromatic heterocycles. The summed E-state index contributed by atoms with van der Waals surface area (Å²) in [5.41, 5.74) is 8.98. The second kappa shape index (κ2) is 7.79. The number of aromatic nitrogens is 1. The number of aryl methyl sites for hydroxylation is 3. The van der Waals surface area contributed by atoms with Crippen LogP contribution in [0.5, 0.6) is 0 Å². The molecule has 0 spiro atoms. The monoisotopic (exact) mass is 351 g/mol. The summed E-state index contributed by atoms with van der Waals surface area (Å²) in [7, 11) is 0. The smallest absolute Gasteiger partial charge is 0.0894 e. The van der Waals surface area contributed by atoms with Crippen LogP contribution in [-0.2, 0) is 0 Å². The Morgan fingerprint density at radius 2 is 1.65 bits per heavy atom. The van der Waals surface area contributed by atoms with Gasteiger partial charge in [-0.2, -0.15) is 0 Å². The minimum atomic E-state index is 0.256. The minimum absolute atomic E-state index is 0.256. The maximum Gasteiger partial charge on any atom is 0.0894 e. The molecule has 1 N–H and O–H groups in total. The first kappa shape index (κ1) is 18.9. The Kier molecular flexibility index (Phi) is 5.67. The van der Waals surface area contributed by atoms with E-state index in [1.165, 1.54) is 46.4 Å². The third-order valence-electron chi connectivity index (χ3n) is 5.45. The lowest BCUT2D eigenvalue weighted by Crippen LogP contribution is -2.39. The van der Waals surface area contributed by atoms with E-state index in [1.807, 2.05) is 0 Å². The largest absolute Gasteiger partial charge is 0.360 e. The zero-order valence-corrected chi connectivity index (χ0v) is 17.2. The highest BCUT2D eigenvalue weighted by atomic mass is 15.2. The van der Waals surface area contributed by atoms with Crippen molar-refractivity contribution < 1.29 is 0 Å². The second-order valence-corrected chi connectivity index (χ2v) is 7.78. The number of rotatable bonds is 6. The van der Waals surface area contributed by atoms with Crippen LogP contribution in [-0.4, -0.2) is 34.7 Å². The lowest BCUT2D eigenvalue weighted by molar-refractivity contribution is 0.175. The summed E-state index contributed by atoms with van der Waals surface area (Å²) in [6.07, 6.45) is 4.44. The van der Waals surface area contributed by atoms with Crippen molar-refractivity contribution in [3.05, 3.63) is 57.9 Å². The Balaban J connectivity index is 2.09. The number of hydrogen-bond donors (Lipinski definition) is 1. The predicted octanol–water partition coefficient (Wildman–Crippen LogP) is 5.34. The Hall–Kier alpha value is -1.87. The van der Waals surface area contributed by atoms with Gasteiger partial charge in [0.1, 0.15) is 0 Å². The number of nitrogens with one attached hydrogen (secondary N) is 1. The molecule has 3 rings (SSSR count). The number of nitrogens with zero attached hydrogens (tertiary/aromatic N) is 2. The molecule has 3 heteroatoms. The second-order valence-electron chi connectivity index (χ2n) is 7.78. The average Bonchev–Trinajstić information content (AvgIpc) is 3.03. The number of H-pyrrole nitrogens is 1. The van der Waals surface area contributed by atoms with Crippen LogP contribution in [0.4, 0.5) is 0 Å². The van der Waals surface area contributed by atoms with E-state index < -0.39 is 0 Å². The van der Waals surface area contributed by atoms with E-state index in [0.29, 0.717) is 6.04 Å². The van der Waals surface area contributed by atoms with Gasteiger partial charge in [-0.15, -0.1) is 0 Å². The van der Waals surface area contributed by atoms with Crippen molar-refractivity contribution in [1.29, 1.82) is 0 Å². The lowest BCUT2D eigenvalue weighted by atomic mass is 9.87. The van der Waals surface area contributed by atoms with Crippen LogP contribution in [0.3, 0.4) is 0 Å². The van der Waals surface area contributed by atoms with Gasteiger partial charge in [0.2, 0.25) is 0 Å². The minimum Gasteiger partial charge on any atom is -0.360 e. The van der Waals surface area contributed by atoms with Gasteiger partial charge in [-0.25, -0.2) is 0 Å².